The summed E-state index contributed by atoms with van der Waals surface area (Å²) in [5.41, 5.74) is 11.5. The number of carbonyl (C=O) groups excluding carboxylic acids is 2. The molecule has 7 aromatic rings. The third-order valence-corrected chi connectivity index (χ3v) is 8.35. The van der Waals surface area contributed by atoms with Crippen molar-refractivity contribution in [1.82, 2.24) is 0 Å². The second-order valence-electron chi connectivity index (χ2n) is 11.2. The Morgan fingerprint density at radius 3 is 0.739 bits per heavy atom. The fourth-order valence-corrected chi connectivity index (χ4v) is 5.92. The summed E-state index contributed by atoms with van der Waals surface area (Å²) in [6, 6.07) is 59.9. The van der Waals surface area contributed by atoms with Crippen LogP contribution in [0, 0.1) is 0 Å². The summed E-state index contributed by atoms with van der Waals surface area (Å²) in [7, 11) is 0. The molecule has 7 aromatic carbocycles. The first-order valence-corrected chi connectivity index (χ1v) is 15.3. The van der Waals surface area contributed by atoms with Crippen LogP contribution in [-0.2, 0) is 0 Å². The lowest BCUT2D eigenvalue weighted by Crippen LogP contribution is -2.00. The van der Waals surface area contributed by atoms with Crippen molar-refractivity contribution in [2.75, 3.05) is 0 Å². The van der Waals surface area contributed by atoms with Gasteiger partial charge in [-0.25, -0.2) is 0 Å². The summed E-state index contributed by atoms with van der Waals surface area (Å²) in [5.74, 6) is 0.0424. The van der Waals surface area contributed by atoms with Crippen LogP contribution in [0.25, 0.3) is 44.5 Å². The largest absolute Gasteiger partial charge is 0.289 e. The summed E-state index contributed by atoms with van der Waals surface area (Å²) in [6.45, 7) is 0. The van der Waals surface area contributed by atoms with E-state index in [4.69, 9.17) is 0 Å². The first-order chi connectivity index (χ1) is 22.7. The van der Waals surface area contributed by atoms with E-state index in [-0.39, 0.29) is 11.6 Å². The van der Waals surface area contributed by atoms with E-state index in [1.54, 1.807) is 0 Å². The lowest BCUT2D eigenvalue weighted by atomic mass is 9.90. The minimum atomic E-state index is 0.0212. The Labute approximate surface area is 269 Å². The summed E-state index contributed by atoms with van der Waals surface area (Å²) < 4.78 is 0. The maximum atomic E-state index is 12.9. The van der Waals surface area contributed by atoms with E-state index >= 15 is 0 Å². The molecule has 0 saturated carbocycles. The molecule has 2 heteroatoms. The molecule has 0 aliphatic heterocycles. The van der Waals surface area contributed by atoms with Crippen molar-refractivity contribution in [2.45, 2.75) is 0 Å². The first-order valence-electron chi connectivity index (χ1n) is 15.3. The molecule has 0 amide bonds. The molecule has 0 aromatic heterocycles. The molecule has 0 N–H and O–H groups in total. The van der Waals surface area contributed by atoms with Crippen LogP contribution in [0.3, 0.4) is 0 Å². The Morgan fingerprint density at radius 1 is 0.239 bits per heavy atom. The maximum Gasteiger partial charge on any atom is 0.193 e. The van der Waals surface area contributed by atoms with E-state index in [0.717, 1.165) is 44.5 Å². The smallest absolute Gasteiger partial charge is 0.193 e. The molecule has 0 heterocycles. The van der Waals surface area contributed by atoms with Crippen molar-refractivity contribution in [2.24, 2.45) is 0 Å². The van der Waals surface area contributed by atoms with Gasteiger partial charge in [0.15, 0.2) is 11.6 Å². The first kappa shape index (κ1) is 28.6. The number of ketones is 2. The summed E-state index contributed by atoms with van der Waals surface area (Å²) in [4.78, 5) is 25.9. The quantitative estimate of drug-likeness (QED) is 0.165. The van der Waals surface area contributed by atoms with Crippen molar-refractivity contribution in [3.8, 4) is 44.5 Å². The molecule has 2 nitrogen and oxygen atoms in total. The molecule has 0 aliphatic carbocycles. The van der Waals surface area contributed by atoms with Crippen molar-refractivity contribution >= 4 is 11.6 Å². The van der Waals surface area contributed by atoms with Gasteiger partial charge < -0.3 is 0 Å². The summed E-state index contributed by atoms with van der Waals surface area (Å²) in [6.07, 6.45) is 0. The third-order valence-electron chi connectivity index (χ3n) is 8.35. The molecule has 0 atom stereocenters. The Hall–Kier alpha value is -6.12. The minimum absolute atomic E-state index is 0.0212. The van der Waals surface area contributed by atoms with Crippen molar-refractivity contribution in [3.05, 3.63) is 204 Å². The predicted octanol–water partition coefficient (Wildman–Crippen LogP) is 10.8. The molecule has 46 heavy (non-hydrogen) atoms. The van der Waals surface area contributed by atoms with E-state index in [1.807, 2.05) is 121 Å². The Bertz CT molecular complexity index is 1970. The van der Waals surface area contributed by atoms with Gasteiger partial charge in [0.25, 0.3) is 0 Å². The van der Waals surface area contributed by atoms with Crippen LogP contribution in [-0.4, -0.2) is 11.6 Å². The standard InChI is InChI=1S/C44H30O2/c45-43(35-11-3-1-4-12-35)37-27-23-33(24-28-37)41-17-9-7-15-39(41)31-19-21-32(22-20-31)40-16-8-10-18-42(40)34-25-29-38(30-26-34)44(46)36-13-5-2-6-14-36/h1-30H. The molecule has 0 radical (unpaired) electrons. The summed E-state index contributed by atoms with van der Waals surface area (Å²) in [5, 5.41) is 0. The number of carbonyl (C=O) groups is 2. The van der Waals surface area contributed by atoms with Crippen LogP contribution >= 0.6 is 0 Å². The zero-order chi connectivity index (χ0) is 31.3. The zero-order valence-corrected chi connectivity index (χ0v) is 25.1. The van der Waals surface area contributed by atoms with Crippen LogP contribution < -0.4 is 0 Å². The number of hydrogen-bond donors (Lipinski definition) is 0. The molecule has 218 valence electrons. The van der Waals surface area contributed by atoms with Gasteiger partial charge in [-0.1, -0.05) is 182 Å². The average molecular weight is 591 g/mol. The highest BCUT2D eigenvalue weighted by Crippen LogP contribution is 2.36. The second kappa shape index (κ2) is 12.9. The van der Waals surface area contributed by atoms with E-state index in [2.05, 4.69) is 60.7 Å². The minimum Gasteiger partial charge on any atom is -0.289 e. The van der Waals surface area contributed by atoms with Gasteiger partial charge in [0, 0.05) is 22.3 Å². The fourth-order valence-electron chi connectivity index (χ4n) is 5.92. The Balaban J connectivity index is 1.15. The molecular formula is C44H30O2. The van der Waals surface area contributed by atoms with Gasteiger partial charge in [-0.15, -0.1) is 0 Å². The fraction of sp³-hybridized carbons (Fsp3) is 0. The summed E-state index contributed by atoms with van der Waals surface area (Å²) >= 11 is 0. The Morgan fingerprint density at radius 2 is 0.457 bits per heavy atom. The van der Waals surface area contributed by atoms with Gasteiger partial charge >= 0.3 is 0 Å². The van der Waals surface area contributed by atoms with Gasteiger partial charge in [-0.3, -0.25) is 9.59 Å². The van der Waals surface area contributed by atoms with E-state index in [9.17, 15) is 9.59 Å². The van der Waals surface area contributed by atoms with E-state index < -0.39 is 0 Å². The monoisotopic (exact) mass is 590 g/mol. The van der Waals surface area contributed by atoms with Crippen LogP contribution in [0.4, 0.5) is 0 Å². The number of benzene rings is 7. The van der Waals surface area contributed by atoms with Gasteiger partial charge in [0.05, 0.1) is 0 Å². The molecule has 0 bridgehead atoms. The lowest BCUT2D eigenvalue weighted by Gasteiger charge is -2.13. The van der Waals surface area contributed by atoms with Crippen molar-refractivity contribution in [1.29, 1.82) is 0 Å². The zero-order valence-electron chi connectivity index (χ0n) is 25.1. The molecule has 0 spiro atoms. The van der Waals surface area contributed by atoms with Gasteiger partial charge in [-0.05, 0) is 44.5 Å². The molecule has 0 fully saturated rings. The molecule has 7 rings (SSSR count). The van der Waals surface area contributed by atoms with Gasteiger partial charge in [0.2, 0.25) is 0 Å². The Kier molecular flexibility index (Phi) is 8.00. The average Bonchev–Trinajstić information content (AvgIpc) is 3.15. The van der Waals surface area contributed by atoms with Crippen LogP contribution in [0.5, 0.6) is 0 Å². The van der Waals surface area contributed by atoms with Gasteiger partial charge in [0.1, 0.15) is 0 Å². The van der Waals surface area contributed by atoms with Crippen molar-refractivity contribution in [3.63, 3.8) is 0 Å². The topological polar surface area (TPSA) is 34.1 Å². The van der Waals surface area contributed by atoms with Gasteiger partial charge in [-0.2, -0.15) is 0 Å². The second-order valence-corrected chi connectivity index (χ2v) is 11.2. The van der Waals surface area contributed by atoms with Crippen LogP contribution in [0.2, 0.25) is 0 Å². The number of hydrogen-bond acceptors (Lipinski definition) is 2. The third kappa shape index (κ3) is 5.85. The van der Waals surface area contributed by atoms with E-state index in [1.165, 1.54) is 0 Å². The van der Waals surface area contributed by atoms with Crippen LogP contribution in [0.15, 0.2) is 182 Å². The normalized spacial score (nSPS) is 10.8. The molecule has 0 unspecified atom stereocenters. The van der Waals surface area contributed by atoms with Crippen molar-refractivity contribution < 1.29 is 9.59 Å². The highest BCUT2D eigenvalue weighted by atomic mass is 16.1. The van der Waals surface area contributed by atoms with E-state index in [0.29, 0.717) is 22.3 Å². The van der Waals surface area contributed by atoms with Crippen LogP contribution in [0.1, 0.15) is 31.8 Å². The SMILES string of the molecule is O=C(c1ccccc1)c1ccc(-c2ccccc2-c2ccc(-c3ccccc3-c3ccc(C(=O)c4ccccc4)cc3)cc2)cc1. The molecular weight excluding hydrogens is 560 g/mol. The number of rotatable bonds is 8. The highest BCUT2D eigenvalue weighted by molar-refractivity contribution is 6.10. The highest BCUT2D eigenvalue weighted by Gasteiger charge is 2.13. The lowest BCUT2D eigenvalue weighted by molar-refractivity contribution is 0.103. The predicted molar refractivity (Wildman–Crippen MR) is 188 cm³/mol. The maximum absolute atomic E-state index is 12.9. The molecule has 0 saturated heterocycles. The molecule has 0 aliphatic rings.